The van der Waals surface area contributed by atoms with Crippen molar-refractivity contribution in [3.8, 4) is 5.69 Å². The largest absolute Gasteiger partial charge is 0.433 e. The van der Waals surface area contributed by atoms with Crippen molar-refractivity contribution in [3.63, 3.8) is 0 Å². The third-order valence-corrected chi connectivity index (χ3v) is 4.68. The van der Waals surface area contributed by atoms with Gasteiger partial charge >= 0.3 is 11.9 Å². The van der Waals surface area contributed by atoms with Crippen LogP contribution >= 0.6 is 0 Å². The van der Waals surface area contributed by atoms with Crippen molar-refractivity contribution < 1.29 is 22.4 Å². The summed E-state index contributed by atoms with van der Waals surface area (Å²) in [6, 6.07) is 4.74. The van der Waals surface area contributed by atoms with E-state index in [0.29, 0.717) is 5.52 Å². The SMILES string of the molecule is C=C(F)C(=O)N1CC(n2c(=O)n(-c3ccc(C(F)(F)F)nc3)c3ncccc32)C1. The number of hydrogen-bond acceptors (Lipinski definition) is 4. The van der Waals surface area contributed by atoms with Crippen LogP contribution in [0.3, 0.4) is 0 Å². The molecule has 0 unspecified atom stereocenters. The van der Waals surface area contributed by atoms with Crippen molar-refractivity contribution in [2.24, 2.45) is 0 Å². The van der Waals surface area contributed by atoms with E-state index in [1.807, 2.05) is 0 Å². The summed E-state index contributed by atoms with van der Waals surface area (Å²) in [4.78, 5) is 33.5. The molecule has 0 spiro atoms. The molecule has 1 aliphatic heterocycles. The average Bonchev–Trinajstić information content (AvgIpc) is 2.92. The normalized spacial score (nSPS) is 14.8. The van der Waals surface area contributed by atoms with Crippen LogP contribution in [0.25, 0.3) is 16.9 Å². The number of likely N-dealkylation sites (tertiary alicyclic amines) is 1. The second kappa shape index (κ2) is 6.54. The molecule has 1 saturated heterocycles. The molecule has 0 atom stereocenters. The van der Waals surface area contributed by atoms with Gasteiger partial charge in [-0.15, -0.1) is 0 Å². The third kappa shape index (κ3) is 3.08. The summed E-state index contributed by atoms with van der Waals surface area (Å²) in [6.45, 7) is 3.16. The van der Waals surface area contributed by atoms with E-state index in [2.05, 4.69) is 16.5 Å². The molecule has 3 aromatic heterocycles. The summed E-state index contributed by atoms with van der Waals surface area (Å²) in [6.07, 6.45) is -2.20. The lowest BCUT2D eigenvalue weighted by atomic mass is 10.1. The molecular formula is C18H13F4N5O2. The minimum absolute atomic E-state index is 0.0982. The fraction of sp³-hybridized carbons (Fsp3) is 0.222. The highest BCUT2D eigenvalue weighted by atomic mass is 19.4. The monoisotopic (exact) mass is 407 g/mol. The van der Waals surface area contributed by atoms with Crippen LogP contribution in [0.5, 0.6) is 0 Å². The lowest BCUT2D eigenvalue weighted by Crippen LogP contribution is -2.52. The molecule has 4 heterocycles. The molecular weight excluding hydrogens is 394 g/mol. The van der Waals surface area contributed by atoms with Gasteiger partial charge in [-0.05, 0) is 24.3 Å². The van der Waals surface area contributed by atoms with Gasteiger partial charge in [0.25, 0.3) is 5.91 Å². The predicted octanol–water partition coefficient (Wildman–Crippen LogP) is 2.47. The quantitative estimate of drug-likeness (QED) is 0.494. The van der Waals surface area contributed by atoms with Gasteiger partial charge < -0.3 is 4.90 Å². The van der Waals surface area contributed by atoms with Crippen molar-refractivity contribution >= 4 is 17.1 Å². The molecule has 1 fully saturated rings. The maximum atomic E-state index is 13.1. The lowest BCUT2D eigenvalue weighted by molar-refractivity contribution is -0.141. The standard InChI is InChI=1S/C18H13F4N5O2/c1-10(19)16(28)25-8-12(9-25)26-13-3-2-6-23-15(13)27(17(26)29)11-4-5-14(24-7-11)18(20,21)22/h2-7,12H,1,8-9H2. The first-order valence-electron chi connectivity index (χ1n) is 8.43. The fourth-order valence-corrected chi connectivity index (χ4v) is 3.28. The smallest absolute Gasteiger partial charge is 0.332 e. The zero-order valence-electron chi connectivity index (χ0n) is 14.7. The topological polar surface area (TPSA) is 73.0 Å². The number of imidazole rings is 1. The number of hydrogen-bond donors (Lipinski definition) is 0. The maximum Gasteiger partial charge on any atom is 0.433 e. The number of halogens is 4. The van der Waals surface area contributed by atoms with Gasteiger partial charge in [-0.3, -0.25) is 9.36 Å². The van der Waals surface area contributed by atoms with Crippen LogP contribution in [0.2, 0.25) is 0 Å². The summed E-state index contributed by atoms with van der Waals surface area (Å²) < 4.78 is 53.9. The first-order valence-corrected chi connectivity index (χ1v) is 8.43. The molecule has 1 aliphatic rings. The number of aromatic nitrogens is 4. The Morgan fingerprint density at radius 2 is 1.90 bits per heavy atom. The number of carbonyl (C=O) groups is 1. The van der Waals surface area contributed by atoms with Gasteiger partial charge in [-0.2, -0.15) is 13.2 Å². The van der Waals surface area contributed by atoms with E-state index >= 15 is 0 Å². The molecule has 0 radical (unpaired) electrons. The summed E-state index contributed by atoms with van der Waals surface area (Å²) in [5, 5.41) is 0. The fourth-order valence-electron chi connectivity index (χ4n) is 3.28. The molecule has 11 heteroatoms. The highest BCUT2D eigenvalue weighted by molar-refractivity contribution is 5.91. The summed E-state index contributed by atoms with van der Waals surface area (Å²) in [5.41, 5.74) is -0.829. The number of nitrogens with zero attached hydrogens (tertiary/aromatic N) is 5. The van der Waals surface area contributed by atoms with E-state index in [1.165, 1.54) is 15.7 Å². The van der Waals surface area contributed by atoms with Gasteiger partial charge in [-0.25, -0.2) is 23.7 Å². The van der Waals surface area contributed by atoms with E-state index in [9.17, 15) is 27.2 Å². The van der Waals surface area contributed by atoms with Crippen molar-refractivity contribution in [2.45, 2.75) is 12.2 Å². The van der Waals surface area contributed by atoms with Gasteiger partial charge in [0.05, 0.1) is 23.4 Å². The molecule has 7 nitrogen and oxygen atoms in total. The summed E-state index contributed by atoms with van der Waals surface area (Å²) in [5.74, 6) is -1.93. The number of carbonyl (C=O) groups excluding carboxylic acids is 1. The molecule has 150 valence electrons. The minimum Gasteiger partial charge on any atom is -0.332 e. The molecule has 0 saturated carbocycles. The molecule has 0 bridgehead atoms. The number of alkyl halides is 3. The zero-order valence-corrected chi connectivity index (χ0v) is 14.7. The Kier molecular flexibility index (Phi) is 4.25. The van der Waals surface area contributed by atoms with E-state index in [1.54, 1.807) is 12.1 Å². The Labute approximate surface area is 160 Å². The number of amides is 1. The first kappa shape index (κ1) is 18.8. The Hall–Kier alpha value is -3.50. The van der Waals surface area contributed by atoms with Crippen LogP contribution in [-0.2, 0) is 11.0 Å². The van der Waals surface area contributed by atoms with E-state index in [0.717, 1.165) is 22.9 Å². The molecule has 29 heavy (non-hydrogen) atoms. The number of pyridine rings is 2. The average molecular weight is 407 g/mol. The zero-order chi connectivity index (χ0) is 20.9. The second-order valence-electron chi connectivity index (χ2n) is 6.50. The number of rotatable bonds is 3. The van der Waals surface area contributed by atoms with E-state index in [4.69, 9.17) is 0 Å². The van der Waals surface area contributed by atoms with Gasteiger partial charge in [0.1, 0.15) is 5.69 Å². The number of fused-ring (bicyclic) bond motifs is 1. The highest BCUT2D eigenvalue weighted by Crippen LogP contribution is 2.29. The van der Waals surface area contributed by atoms with Crippen LogP contribution in [0, 0.1) is 0 Å². The predicted molar refractivity (Wildman–Crippen MR) is 94.0 cm³/mol. The Morgan fingerprint density at radius 3 is 2.48 bits per heavy atom. The molecule has 0 N–H and O–H groups in total. The molecule has 3 aromatic rings. The van der Waals surface area contributed by atoms with E-state index in [-0.39, 0.29) is 24.4 Å². The lowest BCUT2D eigenvalue weighted by Gasteiger charge is -2.39. The van der Waals surface area contributed by atoms with Crippen LogP contribution in [-0.4, -0.2) is 43.0 Å². The molecule has 4 rings (SSSR count). The van der Waals surface area contributed by atoms with Crippen molar-refractivity contribution in [1.82, 2.24) is 24.0 Å². The summed E-state index contributed by atoms with van der Waals surface area (Å²) >= 11 is 0. The van der Waals surface area contributed by atoms with Gasteiger partial charge in [0.15, 0.2) is 11.5 Å². The van der Waals surface area contributed by atoms with Crippen molar-refractivity contribution in [3.05, 3.63) is 65.2 Å². The van der Waals surface area contributed by atoms with Gasteiger partial charge in [-0.1, -0.05) is 6.58 Å². The van der Waals surface area contributed by atoms with Crippen molar-refractivity contribution in [1.29, 1.82) is 0 Å². The minimum atomic E-state index is -4.60. The molecule has 0 aromatic carbocycles. The van der Waals surface area contributed by atoms with Crippen molar-refractivity contribution in [2.75, 3.05) is 13.1 Å². The Balaban J connectivity index is 1.76. The molecule has 0 aliphatic carbocycles. The maximum absolute atomic E-state index is 13.1. The van der Waals surface area contributed by atoms with Crippen LogP contribution < -0.4 is 5.69 Å². The van der Waals surface area contributed by atoms with Gasteiger partial charge in [0, 0.05) is 19.3 Å². The van der Waals surface area contributed by atoms with Crippen LogP contribution in [0.1, 0.15) is 11.7 Å². The van der Waals surface area contributed by atoms with Gasteiger partial charge in [0.2, 0.25) is 0 Å². The third-order valence-electron chi connectivity index (χ3n) is 4.68. The van der Waals surface area contributed by atoms with Crippen LogP contribution in [0.15, 0.2) is 53.9 Å². The van der Waals surface area contributed by atoms with Crippen LogP contribution in [0.4, 0.5) is 17.6 Å². The molecule has 1 amide bonds. The Morgan fingerprint density at radius 1 is 1.17 bits per heavy atom. The highest BCUT2D eigenvalue weighted by Gasteiger charge is 2.36. The first-order chi connectivity index (χ1) is 13.7. The van der Waals surface area contributed by atoms with E-state index < -0.39 is 35.3 Å². The second-order valence-corrected chi connectivity index (χ2v) is 6.50. The summed E-state index contributed by atoms with van der Waals surface area (Å²) in [7, 11) is 0. The Bertz CT molecular complexity index is 1170.